The Balaban J connectivity index is 2.00. The number of hydrogen-bond donors (Lipinski definition) is 1. The smallest absolute Gasteiger partial charge is 0.0835 e. The van der Waals surface area contributed by atoms with Gasteiger partial charge in [0.2, 0.25) is 0 Å². The van der Waals surface area contributed by atoms with Crippen molar-refractivity contribution in [3.05, 3.63) is 0 Å². The molecule has 1 unspecified atom stereocenters. The van der Waals surface area contributed by atoms with E-state index in [2.05, 4.69) is 13.8 Å². The van der Waals surface area contributed by atoms with Crippen molar-refractivity contribution in [2.75, 3.05) is 6.61 Å². The molecule has 0 spiro atoms. The number of nitrogens with two attached hydrogens (primary N) is 1. The lowest BCUT2D eigenvalue weighted by atomic mass is 9.71. The molecule has 0 saturated heterocycles. The normalized spacial score (nSPS) is 32.5. The highest BCUT2D eigenvalue weighted by Gasteiger charge is 2.42. The molecule has 20 heavy (non-hydrogen) atoms. The van der Waals surface area contributed by atoms with Crippen molar-refractivity contribution in [1.82, 2.24) is 0 Å². The Bertz CT molecular complexity index is 263. The van der Waals surface area contributed by atoms with Crippen LogP contribution in [0.15, 0.2) is 0 Å². The number of hydrogen-bond acceptors (Lipinski definition) is 2. The molecular weight excluding hydrogens is 246 g/mol. The molecule has 0 aromatic heterocycles. The highest BCUT2D eigenvalue weighted by Crippen LogP contribution is 2.40. The topological polar surface area (TPSA) is 35.2 Å². The van der Waals surface area contributed by atoms with E-state index >= 15 is 0 Å². The second kappa shape index (κ2) is 7.79. The summed E-state index contributed by atoms with van der Waals surface area (Å²) >= 11 is 0. The average molecular weight is 281 g/mol. The molecular formula is C18H35NO. The van der Waals surface area contributed by atoms with E-state index < -0.39 is 0 Å². The zero-order chi connectivity index (χ0) is 14.4. The fraction of sp³-hybridized carbons (Fsp3) is 1.00. The Hall–Kier alpha value is -0.0800. The van der Waals surface area contributed by atoms with Crippen molar-refractivity contribution >= 4 is 0 Å². The second-order valence-corrected chi connectivity index (χ2v) is 7.13. The monoisotopic (exact) mass is 281 g/mol. The molecule has 2 fully saturated rings. The van der Waals surface area contributed by atoms with E-state index in [4.69, 9.17) is 10.5 Å². The number of ether oxygens (including phenoxy) is 1. The van der Waals surface area contributed by atoms with Crippen LogP contribution in [0.25, 0.3) is 0 Å². The fourth-order valence-corrected chi connectivity index (χ4v) is 4.57. The third-order valence-electron chi connectivity index (χ3n) is 5.97. The van der Waals surface area contributed by atoms with Gasteiger partial charge in [0.05, 0.1) is 5.60 Å². The molecule has 118 valence electrons. The maximum Gasteiger partial charge on any atom is 0.0835 e. The zero-order valence-electron chi connectivity index (χ0n) is 13.7. The first-order valence-electron chi connectivity index (χ1n) is 9.11. The van der Waals surface area contributed by atoms with Crippen LogP contribution < -0.4 is 5.73 Å². The van der Waals surface area contributed by atoms with E-state index in [1.54, 1.807) is 0 Å². The summed E-state index contributed by atoms with van der Waals surface area (Å²) in [6.45, 7) is 5.28. The molecule has 2 rings (SSSR count). The molecule has 0 bridgehead atoms. The maximum atomic E-state index is 6.78. The van der Waals surface area contributed by atoms with Gasteiger partial charge < -0.3 is 10.5 Å². The van der Waals surface area contributed by atoms with Crippen molar-refractivity contribution < 1.29 is 4.74 Å². The first-order chi connectivity index (χ1) is 9.72. The van der Waals surface area contributed by atoms with Crippen LogP contribution in [0.4, 0.5) is 0 Å². The first kappa shape index (κ1) is 16.3. The Kier molecular flexibility index (Phi) is 6.35. The predicted molar refractivity (Wildman–Crippen MR) is 85.8 cm³/mol. The quantitative estimate of drug-likeness (QED) is 0.744. The van der Waals surface area contributed by atoms with Gasteiger partial charge in [0.1, 0.15) is 0 Å². The van der Waals surface area contributed by atoms with Gasteiger partial charge >= 0.3 is 0 Å². The van der Waals surface area contributed by atoms with E-state index in [-0.39, 0.29) is 11.6 Å². The molecule has 2 saturated carbocycles. The van der Waals surface area contributed by atoms with Crippen molar-refractivity contribution in [2.24, 2.45) is 17.6 Å². The molecule has 2 aliphatic rings. The lowest BCUT2D eigenvalue weighted by Crippen LogP contribution is -2.54. The van der Waals surface area contributed by atoms with Crippen LogP contribution in [-0.4, -0.2) is 18.2 Å². The first-order valence-corrected chi connectivity index (χ1v) is 9.11. The minimum absolute atomic E-state index is 0.00499. The van der Waals surface area contributed by atoms with Gasteiger partial charge in [-0.25, -0.2) is 0 Å². The van der Waals surface area contributed by atoms with Gasteiger partial charge in [-0.15, -0.1) is 0 Å². The van der Waals surface area contributed by atoms with Gasteiger partial charge in [-0.05, 0) is 44.4 Å². The Morgan fingerprint density at radius 2 is 1.60 bits per heavy atom. The Morgan fingerprint density at radius 3 is 2.10 bits per heavy atom. The summed E-state index contributed by atoms with van der Waals surface area (Å²) in [4.78, 5) is 0. The zero-order valence-corrected chi connectivity index (χ0v) is 13.7. The lowest BCUT2D eigenvalue weighted by Gasteiger charge is -2.44. The third-order valence-corrected chi connectivity index (χ3v) is 5.97. The van der Waals surface area contributed by atoms with Gasteiger partial charge in [0.15, 0.2) is 0 Å². The van der Waals surface area contributed by atoms with Crippen molar-refractivity contribution in [2.45, 2.75) is 96.1 Å². The second-order valence-electron chi connectivity index (χ2n) is 7.13. The van der Waals surface area contributed by atoms with E-state index in [1.165, 1.54) is 70.6 Å². The highest BCUT2D eigenvalue weighted by atomic mass is 16.5. The Labute approximate surface area is 125 Å². The van der Waals surface area contributed by atoms with E-state index in [0.717, 1.165) is 12.5 Å². The van der Waals surface area contributed by atoms with Gasteiger partial charge in [0.25, 0.3) is 0 Å². The van der Waals surface area contributed by atoms with Crippen molar-refractivity contribution in [1.29, 1.82) is 0 Å². The molecule has 2 N–H and O–H groups in total. The highest BCUT2D eigenvalue weighted by molar-refractivity contribution is 4.97. The van der Waals surface area contributed by atoms with Gasteiger partial charge in [0, 0.05) is 12.6 Å². The molecule has 2 nitrogen and oxygen atoms in total. The minimum Gasteiger partial charge on any atom is -0.374 e. The Morgan fingerprint density at radius 1 is 1.00 bits per heavy atom. The van der Waals surface area contributed by atoms with Crippen LogP contribution in [0, 0.1) is 11.8 Å². The summed E-state index contributed by atoms with van der Waals surface area (Å²) in [6.07, 6.45) is 14.5. The summed E-state index contributed by atoms with van der Waals surface area (Å²) in [5.74, 6) is 1.65. The lowest BCUT2D eigenvalue weighted by molar-refractivity contribution is -0.0847. The summed E-state index contributed by atoms with van der Waals surface area (Å²) in [5, 5.41) is 0. The van der Waals surface area contributed by atoms with Gasteiger partial charge in [-0.2, -0.15) is 0 Å². The molecule has 0 amide bonds. The largest absolute Gasteiger partial charge is 0.374 e. The van der Waals surface area contributed by atoms with Crippen LogP contribution in [0.1, 0.15) is 84.5 Å². The van der Waals surface area contributed by atoms with Crippen molar-refractivity contribution in [3.8, 4) is 0 Å². The molecule has 2 aliphatic carbocycles. The molecule has 0 heterocycles. The molecule has 0 aromatic carbocycles. The van der Waals surface area contributed by atoms with Gasteiger partial charge in [-0.3, -0.25) is 0 Å². The van der Waals surface area contributed by atoms with Crippen molar-refractivity contribution in [3.63, 3.8) is 0 Å². The minimum atomic E-state index is -0.00499. The SMILES string of the molecule is CCOC1(C(N)C2CCC(CC)CC2)CCCCCC1. The standard InChI is InChI=1S/C18H35NO/c1-3-15-9-11-16(12-10-15)17(19)18(20-4-2)13-7-5-6-8-14-18/h15-17H,3-14,19H2,1-2H3. The van der Waals surface area contributed by atoms with Crippen LogP contribution in [0.2, 0.25) is 0 Å². The average Bonchev–Trinajstić information content (AvgIpc) is 2.73. The fourth-order valence-electron chi connectivity index (χ4n) is 4.57. The van der Waals surface area contributed by atoms with Crippen LogP contribution in [0.5, 0.6) is 0 Å². The molecule has 0 aliphatic heterocycles. The molecule has 1 atom stereocenters. The van der Waals surface area contributed by atoms with E-state index in [9.17, 15) is 0 Å². The van der Waals surface area contributed by atoms with Gasteiger partial charge in [-0.1, -0.05) is 51.9 Å². The summed E-state index contributed by atoms with van der Waals surface area (Å²) < 4.78 is 6.29. The summed E-state index contributed by atoms with van der Waals surface area (Å²) in [5.41, 5.74) is 6.77. The molecule has 2 heteroatoms. The molecule has 0 radical (unpaired) electrons. The molecule has 0 aromatic rings. The summed E-state index contributed by atoms with van der Waals surface area (Å²) in [7, 11) is 0. The predicted octanol–water partition coefficient (Wildman–Crippen LogP) is 4.66. The summed E-state index contributed by atoms with van der Waals surface area (Å²) in [6, 6.07) is 0.262. The third kappa shape index (κ3) is 3.76. The van der Waals surface area contributed by atoms with E-state index in [0.29, 0.717) is 5.92 Å². The maximum absolute atomic E-state index is 6.78. The van der Waals surface area contributed by atoms with Crippen LogP contribution >= 0.6 is 0 Å². The van der Waals surface area contributed by atoms with Crippen LogP contribution in [-0.2, 0) is 4.74 Å². The van der Waals surface area contributed by atoms with E-state index in [1.807, 2.05) is 0 Å². The number of rotatable bonds is 5. The van der Waals surface area contributed by atoms with Crippen LogP contribution in [0.3, 0.4) is 0 Å².